The van der Waals surface area contributed by atoms with Crippen molar-refractivity contribution < 1.29 is 13.6 Å². The fraction of sp³-hybridized carbons (Fsp3) is 0.462. The van der Waals surface area contributed by atoms with Gasteiger partial charge in [-0.15, -0.1) is 11.8 Å². The predicted molar refractivity (Wildman–Crippen MR) is 69.6 cm³/mol. The normalized spacial score (nSPS) is 12.3. The Balaban J connectivity index is 2.71. The SMILES string of the molecule is CCN(CC)C(=O)C(C)Sc1ccc(F)c(F)c1. The number of hydrogen-bond acceptors (Lipinski definition) is 2. The van der Waals surface area contributed by atoms with Gasteiger partial charge in [-0.3, -0.25) is 4.79 Å². The van der Waals surface area contributed by atoms with E-state index in [-0.39, 0.29) is 11.2 Å². The Labute approximate surface area is 110 Å². The van der Waals surface area contributed by atoms with Crippen LogP contribution in [-0.4, -0.2) is 29.1 Å². The molecule has 18 heavy (non-hydrogen) atoms. The minimum atomic E-state index is -0.887. The van der Waals surface area contributed by atoms with Gasteiger partial charge in [0.1, 0.15) is 0 Å². The minimum absolute atomic E-state index is 0.00901. The van der Waals surface area contributed by atoms with Gasteiger partial charge in [0, 0.05) is 18.0 Å². The lowest BCUT2D eigenvalue weighted by Gasteiger charge is -2.22. The molecule has 2 nitrogen and oxygen atoms in total. The van der Waals surface area contributed by atoms with E-state index < -0.39 is 11.6 Å². The van der Waals surface area contributed by atoms with Crippen LogP contribution in [0.2, 0.25) is 0 Å². The van der Waals surface area contributed by atoms with Gasteiger partial charge in [0.2, 0.25) is 5.91 Å². The molecule has 1 aromatic rings. The van der Waals surface area contributed by atoms with E-state index in [1.54, 1.807) is 11.8 Å². The van der Waals surface area contributed by atoms with Crippen LogP contribution in [0, 0.1) is 11.6 Å². The van der Waals surface area contributed by atoms with Crippen molar-refractivity contribution in [1.82, 2.24) is 4.90 Å². The summed E-state index contributed by atoms with van der Waals surface area (Å²) in [6.07, 6.45) is 0. The Kier molecular flexibility index (Phi) is 5.59. The van der Waals surface area contributed by atoms with Gasteiger partial charge in [0.05, 0.1) is 5.25 Å². The highest BCUT2D eigenvalue weighted by Gasteiger charge is 2.19. The largest absolute Gasteiger partial charge is 0.342 e. The molecule has 0 aliphatic heterocycles. The highest BCUT2D eigenvalue weighted by molar-refractivity contribution is 8.00. The van der Waals surface area contributed by atoms with Gasteiger partial charge in [0.15, 0.2) is 11.6 Å². The van der Waals surface area contributed by atoms with Crippen molar-refractivity contribution in [3.05, 3.63) is 29.8 Å². The fourth-order valence-electron chi connectivity index (χ4n) is 1.60. The van der Waals surface area contributed by atoms with Crippen LogP contribution in [0.1, 0.15) is 20.8 Å². The van der Waals surface area contributed by atoms with Crippen LogP contribution in [-0.2, 0) is 4.79 Å². The maximum atomic E-state index is 13.0. The first-order valence-corrected chi connectivity index (χ1v) is 6.78. The van der Waals surface area contributed by atoms with Gasteiger partial charge in [0.25, 0.3) is 0 Å². The van der Waals surface area contributed by atoms with E-state index in [1.165, 1.54) is 17.8 Å². The maximum absolute atomic E-state index is 13.0. The summed E-state index contributed by atoms with van der Waals surface area (Å²) >= 11 is 1.24. The second-order valence-electron chi connectivity index (χ2n) is 3.85. The summed E-state index contributed by atoms with van der Waals surface area (Å²) < 4.78 is 25.8. The smallest absolute Gasteiger partial charge is 0.235 e. The Morgan fingerprint density at radius 3 is 2.39 bits per heavy atom. The summed E-state index contributed by atoms with van der Waals surface area (Å²) in [7, 11) is 0. The average Bonchev–Trinajstić information content (AvgIpc) is 2.35. The third-order valence-electron chi connectivity index (χ3n) is 2.63. The summed E-state index contributed by atoms with van der Waals surface area (Å²) in [5.74, 6) is -1.75. The number of thioether (sulfide) groups is 1. The number of nitrogens with zero attached hydrogens (tertiary/aromatic N) is 1. The molecule has 0 saturated carbocycles. The molecule has 1 rings (SSSR count). The zero-order valence-corrected chi connectivity index (χ0v) is 11.6. The van der Waals surface area contributed by atoms with Crippen LogP contribution in [0.3, 0.4) is 0 Å². The van der Waals surface area contributed by atoms with Gasteiger partial charge in [-0.2, -0.15) is 0 Å². The zero-order chi connectivity index (χ0) is 13.7. The van der Waals surface area contributed by atoms with Crippen molar-refractivity contribution in [3.8, 4) is 0 Å². The number of benzene rings is 1. The van der Waals surface area contributed by atoms with Crippen LogP contribution in [0.25, 0.3) is 0 Å². The van der Waals surface area contributed by atoms with Crippen molar-refractivity contribution >= 4 is 17.7 Å². The Morgan fingerprint density at radius 1 is 1.28 bits per heavy atom. The number of halogens is 2. The summed E-state index contributed by atoms with van der Waals surface area (Å²) in [6, 6.07) is 3.67. The first kappa shape index (κ1) is 15.0. The summed E-state index contributed by atoms with van der Waals surface area (Å²) in [6.45, 7) is 6.90. The predicted octanol–water partition coefficient (Wildman–Crippen LogP) is 3.31. The molecule has 0 N–H and O–H groups in total. The number of hydrogen-bond donors (Lipinski definition) is 0. The van der Waals surface area contributed by atoms with Crippen LogP contribution < -0.4 is 0 Å². The molecule has 1 amide bonds. The standard InChI is InChI=1S/C13H17F2NOS/c1-4-16(5-2)13(17)9(3)18-10-6-7-11(14)12(15)8-10/h6-9H,4-5H2,1-3H3. The van der Waals surface area contributed by atoms with E-state index >= 15 is 0 Å². The third-order valence-corrected chi connectivity index (χ3v) is 3.71. The van der Waals surface area contributed by atoms with Crippen LogP contribution in [0.15, 0.2) is 23.1 Å². The van der Waals surface area contributed by atoms with Gasteiger partial charge in [-0.05, 0) is 39.0 Å². The van der Waals surface area contributed by atoms with Gasteiger partial charge in [-0.1, -0.05) is 0 Å². The summed E-state index contributed by atoms with van der Waals surface area (Å²) in [5, 5.41) is -0.310. The highest BCUT2D eigenvalue weighted by Crippen LogP contribution is 2.25. The molecule has 0 aliphatic rings. The van der Waals surface area contributed by atoms with E-state index in [1.807, 2.05) is 13.8 Å². The number of amides is 1. The minimum Gasteiger partial charge on any atom is -0.342 e. The lowest BCUT2D eigenvalue weighted by molar-refractivity contribution is -0.129. The zero-order valence-electron chi connectivity index (χ0n) is 10.7. The summed E-state index contributed by atoms with van der Waals surface area (Å²) in [4.78, 5) is 14.3. The number of carbonyl (C=O) groups is 1. The van der Waals surface area contributed by atoms with E-state index in [0.29, 0.717) is 18.0 Å². The Hall–Kier alpha value is -1.10. The van der Waals surface area contributed by atoms with Crippen molar-refractivity contribution in [2.75, 3.05) is 13.1 Å². The molecule has 100 valence electrons. The molecule has 1 aromatic carbocycles. The van der Waals surface area contributed by atoms with Crippen molar-refractivity contribution in [2.45, 2.75) is 30.9 Å². The molecule has 0 spiro atoms. The van der Waals surface area contributed by atoms with Crippen molar-refractivity contribution in [1.29, 1.82) is 0 Å². The molecular weight excluding hydrogens is 256 g/mol. The third kappa shape index (κ3) is 3.70. The van der Waals surface area contributed by atoms with Crippen LogP contribution in [0.5, 0.6) is 0 Å². The number of rotatable bonds is 5. The molecule has 0 saturated heterocycles. The monoisotopic (exact) mass is 273 g/mol. The van der Waals surface area contributed by atoms with Crippen molar-refractivity contribution in [3.63, 3.8) is 0 Å². The number of carbonyl (C=O) groups excluding carboxylic acids is 1. The van der Waals surface area contributed by atoms with E-state index in [0.717, 1.165) is 12.1 Å². The highest BCUT2D eigenvalue weighted by atomic mass is 32.2. The Bertz CT molecular complexity index is 421. The van der Waals surface area contributed by atoms with Crippen LogP contribution in [0.4, 0.5) is 8.78 Å². The molecule has 0 bridgehead atoms. The van der Waals surface area contributed by atoms with Crippen LogP contribution >= 0.6 is 11.8 Å². The first-order valence-electron chi connectivity index (χ1n) is 5.90. The van der Waals surface area contributed by atoms with Gasteiger partial charge < -0.3 is 4.90 Å². The van der Waals surface area contributed by atoms with Gasteiger partial charge >= 0.3 is 0 Å². The van der Waals surface area contributed by atoms with E-state index in [2.05, 4.69) is 0 Å². The second kappa shape index (κ2) is 6.73. The molecule has 1 atom stereocenters. The molecule has 0 fully saturated rings. The first-order chi connectivity index (χ1) is 8.49. The topological polar surface area (TPSA) is 20.3 Å². The lowest BCUT2D eigenvalue weighted by Crippen LogP contribution is -2.36. The second-order valence-corrected chi connectivity index (χ2v) is 5.26. The Morgan fingerprint density at radius 2 is 1.89 bits per heavy atom. The maximum Gasteiger partial charge on any atom is 0.235 e. The molecule has 5 heteroatoms. The molecule has 1 unspecified atom stereocenters. The molecular formula is C13H17F2NOS. The van der Waals surface area contributed by atoms with Crippen molar-refractivity contribution in [2.24, 2.45) is 0 Å². The summed E-state index contributed by atoms with van der Waals surface area (Å²) in [5.41, 5.74) is 0. The van der Waals surface area contributed by atoms with Gasteiger partial charge in [-0.25, -0.2) is 8.78 Å². The fourth-order valence-corrected chi connectivity index (χ4v) is 2.57. The van der Waals surface area contributed by atoms with E-state index in [9.17, 15) is 13.6 Å². The molecule has 0 heterocycles. The lowest BCUT2D eigenvalue weighted by atomic mass is 10.3. The average molecular weight is 273 g/mol. The molecule has 0 radical (unpaired) electrons. The molecule has 0 aliphatic carbocycles. The quantitative estimate of drug-likeness (QED) is 0.767. The van der Waals surface area contributed by atoms with E-state index in [4.69, 9.17) is 0 Å². The molecule has 0 aromatic heterocycles.